The molecule has 3 aromatic rings. The second-order valence-electron chi connectivity index (χ2n) is 20.5. The van der Waals surface area contributed by atoms with Crippen LogP contribution in [0.2, 0.25) is 0 Å². The molecule has 448 valence electrons. The summed E-state index contributed by atoms with van der Waals surface area (Å²) in [5.74, 6) is -0.922. The second-order valence-corrected chi connectivity index (χ2v) is 20.5. The van der Waals surface area contributed by atoms with E-state index in [0.717, 1.165) is 29.5 Å². The average molecular weight is 1130 g/mol. The van der Waals surface area contributed by atoms with Gasteiger partial charge >= 0.3 is 18.2 Å². The summed E-state index contributed by atoms with van der Waals surface area (Å²) in [6, 6.07) is 22.9. The number of alkyl carbamates (subject to hydrolysis) is 1. The van der Waals surface area contributed by atoms with Gasteiger partial charge in [0.1, 0.15) is 25.4 Å². The molecule has 0 fully saturated rings. The van der Waals surface area contributed by atoms with Crippen LogP contribution in [0.25, 0.3) is 0 Å². The Kier molecular flexibility index (Phi) is 37.0. The van der Waals surface area contributed by atoms with Crippen LogP contribution < -0.4 is 26.6 Å². The topological polar surface area (TPSA) is 289 Å². The van der Waals surface area contributed by atoms with Gasteiger partial charge < -0.3 is 60.1 Å². The summed E-state index contributed by atoms with van der Waals surface area (Å²) in [4.78, 5) is 104. The van der Waals surface area contributed by atoms with E-state index in [1.165, 1.54) is 0 Å². The fourth-order valence-corrected chi connectivity index (χ4v) is 7.81. The van der Waals surface area contributed by atoms with Crippen molar-refractivity contribution in [3.63, 3.8) is 0 Å². The lowest BCUT2D eigenvalue weighted by Crippen LogP contribution is -2.41. The Bertz CT molecular complexity index is 2330. The lowest BCUT2D eigenvalue weighted by molar-refractivity contribution is -0.192. The monoisotopic (exact) mass is 1130 g/mol. The molecule has 21 nitrogen and oxygen atoms in total. The average Bonchev–Trinajstić information content (AvgIpc) is 3.43. The van der Waals surface area contributed by atoms with Crippen molar-refractivity contribution in [2.75, 3.05) is 77.8 Å². The standard InChI is InChI=1S/C59H87N5O14.CO2/c1-44(38-45(2)59(3,4)5)39-48-23-24-52(66)50(40-48)63-55(69)22-13-12-21-51(65)49(64-58(72)78-43-47-18-10-7-11-19-47)20-14-15-27-60-53(67)25-30-73-34-36-75-32-28-61-54(68)26-31-74-35-37-76-33-29-62-56(70)41-57(71)77-42-46-16-8-6-9-17-46;2-1-3/h6-11,16-19,23-24,40,44-45,49,66H,12-15,20-22,25-39,41-43H2,1-5H3,(H,60,67)(H,61,68)(H,62,70)(H,63,69)(H,64,72);/t44-,45?,49+;/m1./s1. The number of hydrogen-bond acceptors (Lipinski definition) is 16. The summed E-state index contributed by atoms with van der Waals surface area (Å²) >= 11 is 0. The lowest BCUT2D eigenvalue weighted by Gasteiger charge is -2.29. The van der Waals surface area contributed by atoms with Crippen molar-refractivity contribution < 1.29 is 76.7 Å². The van der Waals surface area contributed by atoms with Crippen molar-refractivity contribution in [2.24, 2.45) is 17.3 Å². The number of unbranched alkanes of at least 4 members (excludes halogenated alkanes) is 2. The molecule has 0 aliphatic rings. The van der Waals surface area contributed by atoms with Crippen molar-refractivity contribution in [3.05, 3.63) is 95.6 Å². The van der Waals surface area contributed by atoms with Gasteiger partial charge in [-0.15, -0.1) is 0 Å². The Morgan fingerprint density at radius 2 is 1.09 bits per heavy atom. The number of anilines is 1. The van der Waals surface area contributed by atoms with Crippen LogP contribution in [-0.2, 0) is 86.4 Å². The maximum atomic E-state index is 13.4. The molecule has 0 spiro atoms. The van der Waals surface area contributed by atoms with Gasteiger partial charge in [0.25, 0.3) is 0 Å². The molecular formula is C60H87N5O16. The zero-order chi connectivity index (χ0) is 59.5. The molecule has 0 saturated carbocycles. The zero-order valence-electron chi connectivity index (χ0n) is 48.0. The van der Waals surface area contributed by atoms with Crippen molar-refractivity contribution in [2.45, 2.75) is 131 Å². The highest BCUT2D eigenvalue weighted by Crippen LogP contribution is 2.33. The summed E-state index contributed by atoms with van der Waals surface area (Å²) < 4.78 is 32.3. The molecular weight excluding hydrogens is 1050 g/mol. The molecule has 1 unspecified atom stereocenters. The molecule has 3 atom stereocenters. The summed E-state index contributed by atoms with van der Waals surface area (Å²) in [6.07, 6.45) is 3.96. The first kappa shape index (κ1) is 70.1. The predicted octanol–water partition coefficient (Wildman–Crippen LogP) is 6.92. The van der Waals surface area contributed by atoms with E-state index >= 15 is 0 Å². The number of ether oxygens (including phenoxy) is 6. The number of aromatic hydroxyl groups is 1. The van der Waals surface area contributed by atoms with Crippen LogP contribution in [0.15, 0.2) is 78.9 Å². The van der Waals surface area contributed by atoms with Crippen LogP contribution in [0.1, 0.15) is 122 Å². The summed E-state index contributed by atoms with van der Waals surface area (Å²) in [7, 11) is 0. The second kappa shape index (κ2) is 42.8. The third kappa shape index (κ3) is 36.1. The van der Waals surface area contributed by atoms with Gasteiger partial charge in [-0.05, 0) is 91.0 Å². The van der Waals surface area contributed by atoms with Crippen LogP contribution in [0.4, 0.5) is 10.5 Å². The van der Waals surface area contributed by atoms with Gasteiger partial charge in [0.05, 0.1) is 64.6 Å². The summed E-state index contributed by atoms with van der Waals surface area (Å²) in [5.41, 5.74) is 3.26. The van der Waals surface area contributed by atoms with E-state index in [1.54, 1.807) is 6.07 Å². The number of esters is 1. The third-order valence-electron chi connectivity index (χ3n) is 12.7. The first-order valence-electron chi connectivity index (χ1n) is 27.8. The van der Waals surface area contributed by atoms with E-state index in [4.69, 9.17) is 38.0 Å². The highest BCUT2D eigenvalue weighted by atomic mass is 16.6. The van der Waals surface area contributed by atoms with E-state index in [9.17, 15) is 38.7 Å². The number of benzene rings is 3. The first-order chi connectivity index (χ1) is 38.9. The van der Waals surface area contributed by atoms with Crippen molar-refractivity contribution in [3.8, 4) is 5.75 Å². The molecule has 6 N–H and O–H groups in total. The summed E-state index contributed by atoms with van der Waals surface area (Å²) in [6.45, 7) is 14.3. The number of carbonyl (C=O) groups excluding carboxylic acids is 9. The molecule has 0 saturated heterocycles. The number of phenols is 1. The fourth-order valence-electron chi connectivity index (χ4n) is 7.81. The van der Waals surface area contributed by atoms with Crippen LogP contribution >= 0.6 is 0 Å². The third-order valence-corrected chi connectivity index (χ3v) is 12.7. The van der Waals surface area contributed by atoms with Gasteiger partial charge in [0.15, 0.2) is 5.78 Å². The smallest absolute Gasteiger partial charge is 0.408 e. The molecule has 0 bridgehead atoms. The minimum Gasteiger partial charge on any atom is -0.506 e. The highest BCUT2D eigenvalue weighted by molar-refractivity contribution is 5.94. The Labute approximate surface area is 477 Å². The number of phenolic OH excluding ortho intramolecular Hbond substituents is 1. The van der Waals surface area contributed by atoms with E-state index in [1.807, 2.05) is 72.8 Å². The fraction of sp³-hybridized carbons (Fsp3) is 0.567. The quantitative estimate of drug-likeness (QED) is 0.0145. The Balaban J connectivity index is 0.00000730. The Morgan fingerprint density at radius 1 is 0.568 bits per heavy atom. The Morgan fingerprint density at radius 3 is 1.65 bits per heavy atom. The normalized spacial score (nSPS) is 12.0. The number of Topliss-reactive ketones (excluding diaryl/α,β-unsaturated/α-hetero) is 1. The molecule has 3 rings (SSSR count). The van der Waals surface area contributed by atoms with Crippen molar-refractivity contribution >= 4 is 53.3 Å². The van der Waals surface area contributed by atoms with Gasteiger partial charge in [-0.1, -0.05) is 101 Å². The lowest BCUT2D eigenvalue weighted by atomic mass is 9.76. The number of carbonyl (C=O) groups is 7. The van der Waals surface area contributed by atoms with E-state index in [2.05, 4.69) is 61.2 Å². The van der Waals surface area contributed by atoms with Gasteiger partial charge in [0, 0.05) is 45.3 Å². The number of ketones is 1. The van der Waals surface area contributed by atoms with Gasteiger partial charge in [-0.3, -0.25) is 28.8 Å². The first-order valence-corrected chi connectivity index (χ1v) is 27.8. The van der Waals surface area contributed by atoms with E-state index in [0.29, 0.717) is 62.7 Å². The van der Waals surface area contributed by atoms with Crippen LogP contribution in [0.5, 0.6) is 5.75 Å². The van der Waals surface area contributed by atoms with Crippen molar-refractivity contribution in [1.29, 1.82) is 0 Å². The van der Waals surface area contributed by atoms with E-state index < -0.39 is 24.0 Å². The molecule has 0 aliphatic carbocycles. The summed E-state index contributed by atoms with van der Waals surface area (Å²) in [5, 5.41) is 24.2. The molecule has 3 aromatic carbocycles. The SMILES string of the molecule is CC(C[C@@H](C)Cc1ccc(O)c(NC(=O)CCCCC(=O)[C@H](CCCCNC(=O)CCOCCOCCNC(=O)CCOCCOCCNC(=O)CC(=O)OCc2ccccc2)NC(=O)OCc2ccccc2)c1)C(C)(C)C.O=C=O. The van der Waals surface area contributed by atoms with Crippen molar-refractivity contribution in [1.82, 2.24) is 21.3 Å². The highest BCUT2D eigenvalue weighted by Gasteiger charge is 2.23. The predicted molar refractivity (Wildman–Crippen MR) is 301 cm³/mol. The minimum absolute atomic E-state index is 0.00398. The maximum Gasteiger partial charge on any atom is 0.408 e. The zero-order valence-corrected chi connectivity index (χ0v) is 48.0. The molecule has 21 heteroatoms. The van der Waals surface area contributed by atoms with E-state index in [-0.39, 0.29) is 146 Å². The van der Waals surface area contributed by atoms with Crippen LogP contribution in [0, 0.1) is 17.3 Å². The largest absolute Gasteiger partial charge is 0.506 e. The molecule has 5 amide bonds. The molecule has 0 radical (unpaired) electrons. The van der Waals surface area contributed by atoms with Crippen LogP contribution in [-0.4, -0.2) is 131 Å². The van der Waals surface area contributed by atoms with Gasteiger partial charge in [0.2, 0.25) is 23.6 Å². The Hall–Kier alpha value is -7.03. The number of amides is 5. The van der Waals surface area contributed by atoms with Gasteiger partial charge in [-0.2, -0.15) is 9.59 Å². The van der Waals surface area contributed by atoms with Gasteiger partial charge in [-0.25, -0.2) is 4.79 Å². The maximum absolute atomic E-state index is 13.4. The minimum atomic E-state index is -0.810. The van der Waals surface area contributed by atoms with Crippen LogP contribution in [0.3, 0.4) is 0 Å². The number of nitrogens with one attached hydrogen (secondary N) is 5. The number of rotatable bonds is 41. The molecule has 81 heavy (non-hydrogen) atoms. The molecule has 0 aliphatic heterocycles. The molecule has 0 heterocycles. The molecule has 0 aromatic heterocycles. The number of hydrogen-bond donors (Lipinski definition) is 6.